The number of hydrogen-bond acceptors (Lipinski definition) is 3. The van der Waals surface area contributed by atoms with Crippen LogP contribution in [0.2, 0.25) is 0 Å². The van der Waals surface area contributed by atoms with E-state index in [2.05, 4.69) is 12.2 Å². The largest absolute Gasteiger partial charge is 0.379 e. The predicted molar refractivity (Wildman–Crippen MR) is 51.8 cm³/mol. The molecule has 12 heavy (non-hydrogen) atoms. The molecule has 0 aliphatic heterocycles. The summed E-state index contributed by atoms with van der Waals surface area (Å²) in [6.45, 7) is 3.67. The van der Waals surface area contributed by atoms with Crippen molar-refractivity contribution in [1.29, 1.82) is 0 Å². The SMILES string of the molecule is CCCCCC(O)NCCCN. The number of rotatable bonds is 8. The van der Waals surface area contributed by atoms with Crippen LogP contribution in [0.4, 0.5) is 0 Å². The second kappa shape index (κ2) is 8.97. The van der Waals surface area contributed by atoms with Gasteiger partial charge in [-0.2, -0.15) is 0 Å². The molecule has 4 N–H and O–H groups in total. The molecule has 0 amide bonds. The third kappa shape index (κ3) is 7.98. The van der Waals surface area contributed by atoms with E-state index in [1.165, 1.54) is 12.8 Å². The lowest BCUT2D eigenvalue weighted by atomic mass is 10.2. The summed E-state index contributed by atoms with van der Waals surface area (Å²) in [5.41, 5.74) is 5.31. The molecule has 3 heteroatoms. The highest BCUT2D eigenvalue weighted by molar-refractivity contribution is 4.54. The van der Waals surface area contributed by atoms with Gasteiger partial charge in [0.2, 0.25) is 0 Å². The number of nitrogens with one attached hydrogen (secondary N) is 1. The van der Waals surface area contributed by atoms with Gasteiger partial charge in [-0.05, 0) is 32.4 Å². The van der Waals surface area contributed by atoms with Gasteiger partial charge in [0, 0.05) is 0 Å². The van der Waals surface area contributed by atoms with Gasteiger partial charge in [0.25, 0.3) is 0 Å². The fourth-order valence-corrected chi connectivity index (χ4v) is 1.06. The quantitative estimate of drug-likeness (QED) is 0.377. The van der Waals surface area contributed by atoms with Crippen LogP contribution in [0.1, 0.15) is 39.0 Å². The van der Waals surface area contributed by atoms with Crippen LogP contribution >= 0.6 is 0 Å². The highest BCUT2D eigenvalue weighted by Gasteiger charge is 2.00. The molecule has 0 aromatic rings. The molecule has 0 aliphatic carbocycles. The van der Waals surface area contributed by atoms with Crippen molar-refractivity contribution in [3.63, 3.8) is 0 Å². The Morgan fingerprint density at radius 3 is 2.67 bits per heavy atom. The number of unbranched alkanes of at least 4 members (excludes halogenated alkanes) is 2. The van der Waals surface area contributed by atoms with Crippen LogP contribution in [-0.4, -0.2) is 24.4 Å². The maximum Gasteiger partial charge on any atom is 0.104 e. The first-order valence-corrected chi connectivity index (χ1v) is 4.92. The van der Waals surface area contributed by atoms with Crippen LogP contribution in [0, 0.1) is 0 Å². The molecule has 0 saturated carbocycles. The topological polar surface area (TPSA) is 58.3 Å². The summed E-state index contributed by atoms with van der Waals surface area (Å²) in [5, 5.41) is 12.4. The van der Waals surface area contributed by atoms with Crippen molar-refractivity contribution in [2.75, 3.05) is 13.1 Å². The van der Waals surface area contributed by atoms with Gasteiger partial charge in [0.05, 0.1) is 0 Å². The molecular formula is C9H22N2O. The van der Waals surface area contributed by atoms with E-state index in [-0.39, 0.29) is 6.23 Å². The van der Waals surface area contributed by atoms with E-state index in [1.54, 1.807) is 0 Å². The van der Waals surface area contributed by atoms with E-state index in [0.29, 0.717) is 6.54 Å². The van der Waals surface area contributed by atoms with Crippen LogP contribution in [-0.2, 0) is 0 Å². The second-order valence-electron chi connectivity index (χ2n) is 3.11. The highest BCUT2D eigenvalue weighted by Crippen LogP contribution is 2.00. The first-order chi connectivity index (χ1) is 5.81. The van der Waals surface area contributed by atoms with E-state index in [9.17, 15) is 5.11 Å². The molecule has 74 valence electrons. The Kier molecular flexibility index (Phi) is 8.88. The second-order valence-corrected chi connectivity index (χ2v) is 3.11. The lowest BCUT2D eigenvalue weighted by Gasteiger charge is -2.11. The third-order valence-corrected chi connectivity index (χ3v) is 1.84. The van der Waals surface area contributed by atoms with Gasteiger partial charge in [-0.1, -0.05) is 19.8 Å². The summed E-state index contributed by atoms with van der Waals surface area (Å²) in [5.74, 6) is 0. The van der Waals surface area contributed by atoms with Crippen molar-refractivity contribution in [3.8, 4) is 0 Å². The van der Waals surface area contributed by atoms with Crippen LogP contribution in [0.25, 0.3) is 0 Å². The van der Waals surface area contributed by atoms with Crippen molar-refractivity contribution in [3.05, 3.63) is 0 Å². The van der Waals surface area contributed by atoms with Gasteiger partial charge < -0.3 is 10.8 Å². The van der Waals surface area contributed by atoms with E-state index < -0.39 is 0 Å². The molecule has 0 saturated heterocycles. The Morgan fingerprint density at radius 1 is 1.33 bits per heavy atom. The molecule has 1 atom stereocenters. The maximum atomic E-state index is 9.35. The molecular weight excluding hydrogens is 152 g/mol. The number of aliphatic hydroxyl groups is 1. The molecule has 1 unspecified atom stereocenters. The van der Waals surface area contributed by atoms with Crippen molar-refractivity contribution in [2.24, 2.45) is 5.73 Å². The summed E-state index contributed by atoms with van der Waals surface area (Å²) >= 11 is 0. The van der Waals surface area contributed by atoms with Gasteiger partial charge in [0.15, 0.2) is 0 Å². The van der Waals surface area contributed by atoms with Crippen molar-refractivity contribution in [1.82, 2.24) is 5.32 Å². The van der Waals surface area contributed by atoms with Crippen molar-refractivity contribution >= 4 is 0 Å². The lowest BCUT2D eigenvalue weighted by Crippen LogP contribution is -2.30. The summed E-state index contributed by atoms with van der Waals surface area (Å²) in [6.07, 6.45) is 4.98. The Morgan fingerprint density at radius 2 is 2.08 bits per heavy atom. The lowest BCUT2D eigenvalue weighted by molar-refractivity contribution is 0.125. The molecule has 0 aromatic carbocycles. The average Bonchev–Trinajstić information content (AvgIpc) is 2.06. The van der Waals surface area contributed by atoms with Crippen molar-refractivity contribution in [2.45, 2.75) is 45.3 Å². The smallest absolute Gasteiger partial charge is 0.104 e. The molecule has 0 spiro atoms. The zero-order valence-corrected chi connectivity index (χ0v) is 8.05. The van der Waals surface area contributed by atoms with Gasteiger partial charge >= 0.3 is 0 Å². The molecule has 0 bridgehead atoms. The van der Waals surface area contributed by atoms with E-state index in [0.717, 1.165) is 25.8 Å². The highest BCUT2D eigenvalue weighted by atomic mass is 16.3. The molecule has 0 aliphatic rings. The van der Waals surface area contributed by atoms with E-state index >= 15 is 0 Å². The Balaban J connectivity index is 3.04. The minimum atomic E-state index is -0.330. The zero-order chi connectivity index (χ0) is 9.23. The summed E-state index contributed by atoms with van der Waals surface area (Å²) in [7, 11) is 0. The zero-order valence-electron chi connectivity index (χ0n) is 8.05. The number of hydrogen-bond donors (Lipinski definition) is 3. The average molecular weight is 174 g/mol. The minimum Gasteiger partial charge on any atom is -0.379 e. The molecule has 0 rings (SSSR count). The third-order valence-electron chi connectivity index (χ3n) is 1.84. The van der Waals surface area contributed by atoms with E-state index in [1.807, 2.05) is 0 Å². The molecule has 0 fully saturated rings. The first kappa shape index (κ1) is 11.9. The number of aliphatic hydroxyl groups excluding tert-OH is 1. The number of nitrogens with two attached hydrogens (primary N) is 1. The molecule has 0 aromatic heterocycles. The summed E-state index contributed by atoms with van der Waals surface area (Å²) < 4.78 is 0. The standard InChI is InChI=1S/C9H22N2O/c1-2-3-4-6-9(12)11-8-5-7-10/h9,11-12H,2-8,10H2,1H3. The van der Waals surface area contributed by atoms with Gasteiger partial charge in [0.1, 0.15) is 6.23 Å². The first-order valence-electron chi connectivity index (χ1n) is 4.92. The van der Waals surface area contributed by atoms with Gasteiger partial charge in [-0.15, -0.1) is 0 Å². The minimum absolute atomic E-state index is 0.330. The monoisotopic (exact) mass is 174 g/mol. The molecule has 3 nitrogen and oxygen atoms in total. The summed E-state index contributed by atoms with van der Waals surface area (Å²) in [4.78, 5) is 0. The Bertz CT molecular complexity index is 78.6. The molecule has 0 heterocycles. The van der Waals surface area contributed by atoms with Crippen LogP contribution < -0.4 is 11.1 Å². The van der Waals surface area contributed by atoms with Crippen molar-refractivity contribution < 1.29 is 5.11 Å². The predicted octanol–water partition coefficient (Wildman–Crippen LogP) is 0.824. The summed E-state index contributed by atoms with van der Waals surface area (Å²) in [6, 6.07) is 0. The van der Waals surface area contributed by atoms with Gasteiger partial charge in [-0.3, -0.25) is 5.32 Å². The maximum absolute atomic E-state index is 9.35. The van der Waals surface area contributed by atoms with Crippen LogP contribution in [0.5, 0.6) is 0 Å². The normalized spacial score (nSPS) is 13.2. The van der Waals surface area contributed by atoms with E-state index in [4.69, 9.17) is 5.73 Å². The Hall–Kier alpha value is -0.120. The van der Waals surface area contributed by atoms with Crippen LogP contribution in [0.15, 0.2) is 0 Å². The van der Waals surface area contributed by atoms with Crippen LogP contribution in [0.3, 0.4) is 0 Å². The van der Waals surface area contributed by atoms with Gasteiger partial charge in [-0.25, -0.2) is 0 Å². The fraction of sp³-hybridized carbons (Fsp3) is 1.00. The Labute approximate surface area is 75.3 Å². The fourth-order valence-electron chi connectivity index (χ4n) is 1.06. The molecule has 0 radical (unpaired) electrons.